The van der Waals surface area contributed by atoms with E-state index in [-0.39, 0.29) is 29.8 Å². The first-order valence-electron chi connectivity index (χ1n) is 10.6. The number of anilines is 1. The Bertz CT molecular complexity index is 855. The molecule has 2 aromatic carbocycles. The molecule has 0 saturated heterocycles. The van der Waals surface area contributed by atoms with E-state index in [9.17, 15) is 9.59 Å². The predicted octanol–water partition coefficient (Wildman–Crippen LogP) is 3.95. The molecule has 0 heterocycles. The second kappa shape index (κ2) is 8.78. The second-order valence-corrected chi connectivity index (χ2v) is 8.33. The van der Waals surface area contributed by atoms with Gasteiger partial charge in [0.15, 0.2) is 0 Å². The zero-order valence-corrected chi connectivity index (χ0v) is 16.7. The van der Waals surface area contributed by atoms with Crippen molar-refractivity contribution < 1.29 is 9.59 Å². The molecular formula is C24H29N3O2. The van der Waals surface area contributed by atoms with E-state index in [1.807, 2.05) is 59.5 Å². The molecule has 2 aliphatic carbocycles. The Morgan fingerprint density at radius 3 is 2.34 bits per heavy atom. The van der Waals surface area contributed by atoms with E-state index in [0.717, 1.165) is 49.8 Å². The van der Waals surface area contributed by atoms with Gasteiger partial charge in [0.05, 0.1) is 0 Å². The third-order valence-electron chi connectivity index (χ3n) is 5.96. The van der Waals surface area contributed by atoms with Crippen molar-refractivity contribution in [3.05, 3.63) is 65.7 Å². The molecule has 5 nitrogen and oxygen atoms in total. The van der Waals surface area contributed by atoms with Crippen molar-refractivity contribution in [2.24, 2.45) is 11.7 Å². The van der Waals surface area contributed by atoms with E-state index in [0.29, 0.717) is 12.1 Å². The lowest BCUT2D eigenvalue weighted by Gasteiger charge is -2.36. The van der Waals surface area contributed by atoms with Crippen LogP contribution in [0.2, 0.25) is 0 Å². The minimum absolute atomic E-state index is 0.0542. The topological polar surface area (TPSA) is 75.4 Å². The van der Waals surface area contributed by atoms with Crippen molar-refractivity contribution in [2.75, 3.05) is 5.32 Å². The Morgan fingerprint density at radius 2 is 1.66 bits per heavy atom. The number of benzene rings is 2. The minimum Gasteiger partial charge on any atom is -0.331 e. The highest BCUT2D eigenvalue weighted by molar-refractivity contribution is 5.95. The number of carbonyl (C=O) groups is 2. The van der Waals surface area contributed by atoms with Crippen LogP contribution in [0, 0.1) is 5.92 Å². The standard InChI is InChI=1S/C24H29N3O2/c25-20-11-13-22(14-12-20)27(24(29)19-6-2-1-3-7-19)16-17-5-4-8-21(15-17)26-23(28)18-9-10-18/h1-8,15,18,20,22H,9-14,16,25H2,(H,26,28). The second-order valence-electron chi connectivity index (χ2n) is 8.33. The molecule has 2 amide bonds. The van der Waals surface area contributed by atoms with E-state index >= 15 is 0 Å². The normalized spacial score (nSPS) is 21.4. The molecular weight excluding hydrogens is 362 g/mol. The Labute approximate surface area is 172 Å². The third kappa shape index (κ3) is 5.04. The third-order valence-corrected chi connectivity index (χ3v) is 5.96. The molecule has 0 unspecified atom stereocenters. The minimum atomic E-state index is 0.0542. The number of nitrogens with two attached hydrogens (primary N) is 1. The summed E-state index contributed by atoms with van der Waals surface area (Å²) in [6.45, 7) is 0.529. The van der Waals surface area contributed by atoms with Crippen molar-refractivity contribution in [3.8, 4) is 0 Å². The average Bonchev–Trinajstić information content (AvgIpc) is 3.59. The summed E-state index contributed by atoms with van der Waals surface area (Å²) in [6.07, 6.45) is 5.71. The maximum absolute atomic E-state index is 13.3. The maximum atomic E-state index is 13.3. The lowest BCUT2D eigenvalue weighted by molar-refractivity contribution is -0.117. The van der Waals surface area contributed by atoms with Gasteiger partial charge in [0, 0.05) is 35.8 Å². The largest absolute Gasteiger partial charge is 0.331 e. The van der Waals surface area contributed by atoms with Crippen LogP contribution in [-0.2, 0) is 11.3 Å². The molecule has 0 aromatic heterocycles. The van der Waals surface area contributed by atoms with Crippen molar-refractivity contribution in [1.82, 2.24) is 4.90 Å². The van der Waals surface area contributed by atoms with Crippen molar-refractivity contribution >= 4 is 17.5 Å². The van der Waals surface area contributed by atoms with Crippen LogP contribution < -0.4 is 11.1 Å². The Morgan fingerprint density at radius 1 is 0.931 bits per heavy atom. The zero-order chi connectivity index (χ0) is 20.2. The quantitative estimate of drug-likeness (QED) is 0.783. The van der Waals surface area contributed by atoms with Crippen LogP contribution >= 0.6 is 0 Å². The van der Waals surface area contributed by atoms with Crippen LogP contribution in [0.5, 0.6) is 0 Å². The Balaban J connectivity index is 1.53. The fourth-order valence-corrected chi connectivity index (χ4v) is 4.06. The summed E-state index contributed by atoms with van der Waals surface area (Å²) < 4.78 is 0. The first-order valence-corrected chi connectivity index (χ1v) is 10.6. The molecule has 0 aliphatic heterocycles. The first-order chi connectivity index (χ1) is 14.1. The molecule has 3 N–H and O–H groups in total. The molecule has 2 aliphatic rings. The molecule has 5 heteroatoms. The fraction of sp³-hybridized carbons (Fsp3) is 0.417. The summed E-state index contributed by atoms with van der Waals surface area (Å²) in [5, 5.41) is 3.00. The van der Waals surface area contributed by atoms with Crippen LogP contribution in [0.15, 0.2) is 54.6 Å². The monoisotopic (exact) mass is 391 g/mol. The molecule has 0 atom stereocenters. The molecule has 2 aromatic rings. The number of rotatable bonds is 6. The van der Waals surface area contributed by atoms with E-state index < -0.39 is 0 Å². The van der Waals surface area contributed by atoms with Gasteiger partial charge in [-0.2, -0.15) is 0 Å². The number of nitrogens with zero attached hydrogens (tertiary/aromatic N) is 1. The number of carbonyl (C=O) groups excluding carboxylic acids is 2. The number of hydrogen-bond donors (Lipinski definition) is 2. The van der Waals surface area contributed by atoms with Gasteiger partial charge in [-0.3, -0.25) is 9.59 Å². The number of nitrogens with one attached hydrogen (secondary N) is 1. The first kappa shape index (κ1) is 19.6. The van der Waals surface area contributed by atoms with Gasteiger partial charge in [-0.25, -0.2) is 0 Å². The molecule has 2 fully saturated rings. The van der Waals surface area contributed by atoms with E-state index in [2.05, 4.69) is 5.32 Å². The SMILES string of the molecule is NC1CCC(N(Cc2cccc(NC(=O)C3CC3)c2)C(=O)c2ccccc2)CC1. The Kier molecular flexibility index (Phi) is 5.95. The molecule has 0 spiro atoms. The molecule has 152 valence electrons. The average molecular weight is 392 g/mol. The van der Waals surface area contributed by atoms with Gasteiger partial charge in [0.1, 0.15) is 0 Å². The highest BCUT2D eigenvalue weighted by atomic mass is 16.2. The molecule has 0 radical (unpaired) electrons. The molecule has 2 saturated carbocycles. The highest BCUT2D eigenvalue weighted by Crippen LogP contribution is 2.30. The van der Waals surface area contributed by atoms with Crippen LogP contribution in [-0.4, -0.2) is 28.8 Å². The van der Waals surface area contributed by atoms with Gasteiger partial charge < -0.3 is 16.0 Å². The summed E-state index contributed by atoms with van der Waals surface area (Å²) in [7, 11) is 0. The van der Waals surface area contributed by atoms with E-state index in [1.54, 1.807) is 0 Å². The number of hydrogen-bond acceptors (Lipinski definition) is 3. The van der Waals surface area contributed by atoms with Crippen molar-refractivity contribution in [3.63, 3.8) is 0 Å². The van der Waals surface area contributed by atoms with Gasteiger partial charge in [-0.05, 0) is 68.4 Å². The van der Waals surface area contributed by atoms with E-state index in [1.165, 1.54) is 0 Å². The summed E-state index contributed by atoms with van der Waals surface area (Å²) in [5.74, 6) is 0.320. The fourth-order valence-electron chi connectivity index (χ4n) is 4.06. The lowest BCUT2D eigenvalue weighted by atomic mass is 9.90. The van der Waals surface area contributed by atoms with Crippen molar-refractivity contribution in [1.29, 1.82) is 0 Å². The summed E-state index contributed by atoms with van der Waals surface area (Å²) >= 11 is 0. The summed E-state index contributed by atoms with van der Waals surface area (Å²) in [5.41, 5.74) is 8.63. The summed E-state index contributed by atoms with van der Waals surface area (Å²) in [6, 6.07) is 17.7. The zero-order valence-electron chi connectivity index (χ0n) is 16.7. The van der Waals surface area contributed by atoms with Gasteiger partial charge in [-0.1, -0.05) is 30.3 Å². The van der Waals surface area contributed by atoms with Gasteiger partial charge in [0.25, 0.3) is 5.91 Å². The smallest absolute Gasteiger partial charge is 0.254 e. The van der Waals surface area contributed by atoms with Gasteiger partial charge in [0.2, 0.25) is 5.91 Å². The molecule has 4 rings (SSSR count). The van der Waals surface area contributed by atoms with Crippen LogP contribution in [0.25, 0.3) is 0 Å². The van der Waals surface area contributed by atoms with Gasteiger partial charge >= 0.3 is 0 Å². The number of amides is 2. The molecule has 0 bridgehead atoms. The van der Waals surface area contributed by atoms with Gasteiger partial charge in [-0.15, -0.1) is 0 Å². The molecule has 29 heavy (non-hydrogen) atoms. The summed E-state index contributed by atoms with van der Waals surface area (Å²) in [4.78, 5) is 27.4. The van der Waals surface area contributed by atoms with Crippen LogP contribution in [0.1, 0.15) is 54.4 Å². The lowest BCUT2D eigenvalue weighted by Crippen LogP contribution is -2.43. The Hall–Kier alpha value is -2.66. The van der Waals surface area contributed by atoms with E-state index in [4.69, 9.17) is 5.73 Å². The van der Waals surface area contributed by atoms with Crippen molar-refractivity contribution in [2.45, 2.75) is 57.2 Å². The van der Waals surface area contributed by atoms with Crippen LogP contribution in [0.4, 0.5) is 5.69 Å². The highest BCUT2D eigenvalue weighted by Gasteiger charge is 2.30. The predicted molar refractivity (Wildman–Crippen MR) is 114 cm³/mol. The van der Waals surface area contributed by atoms with Crippen LogP contribution in [0.3, 0.4) is 0 Å². The maximum Gasteiger partial charge on any atom is 0.254 e.